The van der Waals surface area contributed by atoms with Crippen molar-refractivity contribution in [3.63, 3.8) is 0 Å². The second-order valence-electron chi connectivity index (χ2n) is 6.52. The minimum absolute atomic E-state index is 0.165. The van der Waals surface area contributed by atoms with Crippen LogP contribution in [-0.4, -0.2) is 15.7 Å². The predicted molar refractivity (Wildman–Crippen MR) is 105 cm³/mol. The number of amides is 1. The molecule has 0 saturated heterocycles. The van der Waals surface area contributed by atoms with Crippen molar-refractivity contribution in [3.8, 4) is 5.69 Å². The number of hydrogen-bond donors (Lipinski definition) is 1. The summed E-state index contributed by atoms with van der Waals surface area (Å²) in [6, 6.07) is 14.9. The number of rotatable bonds is 4. The third kappa shape index (κ3) is 3.27. The van der Waals surface area contributed by atoms with Crippen molar-refractivity contribution < 1.29 is 13.6 Å². The third-order valence-electron chi connectivity index (χ3n) is 4.52. The van der Waals surface area contributed by atoms with Gasteiger partial charge in [-0.1, -0.05) is 29.8 Å². The van der Waals surface area contributed by atoms with Crippen LogP contribution in [0.15, 0.2) is 59.0 Å². The molecule has 0 fully saturated rings. The van der Waals surface area contributed by atoms with E-state index in [0.29, 0.717) is 17.1 Å². The molecule has 1 N–H and O–H groups in total. The van der Waals surface area contributed by atoms with Crippen LogP contribution in [0.25, 0.3) is 16.7 Å². The Morgan fingerprint density at radius 2 is 1.93 bits per heavy atom. The molecule has 5 nitrogen and oxygen atoms in total. The molecule has 0 saturated carbocycles. The molecule has 0 aliphatic carbocycles. The number of hydrogen-bond acceptors (Lipinski definition) is 3. The highest BCUT2D eigenvalue weighted by atomic mass is 35.5. The summed E-state index contributed by atoms with van der Waals surface area (Å²) in [7, 11) is 0. The number of aromatic nitrogens is 2. The van der Waals surface area contributed by atoms with Crippen LogP contribution in [0.2, 0.25) is 5.15 Å². The van der Waals surface area contributed by atoms with Gasteiger partial charge in [-0.05, 0) is 50.2 Å². The number of halogens is 2. The average Bonchev–Trinajstić information content (AvgIpc) is 3.23. The highest BCUT2D eigenvalue weighted by Crippen LogP contribution is 2.26. The zero-order chi connectivity index (χ0) is 19.8. The van der Waals surface area contributed by atoms with E-state index < -0.39 is 0 Å². The van der Waals surface area contributed by atoms with E-state index in [2.05, 4.69) is 10.4 Å². The summed E-state index contributed by atoms with van der Waals surface area (Å²) < 4.78 is 20.4. The normalized spacial score (nSPS) is 12.3. The van der Waals surface area contributed by atoms with Crippen LogP contribution < -0.4 is 5.32 Å². The van der Waals surface area contributed by atoms with E-state index in [1.165, 1.54) is 16.8 Å². The lowest BCUT2D eigenvalue weighted by molar-refractivity contribution is 0.0935. The van der Waals surface area contributed by atoms with Crippen molar-refractivity contribution in [3.05, 3.63) is 82.6 Å². The molecule has 4 aromatic rings. The van der Waals surface area contributed by atoms with Crippen LogP contribution in [0.3, 0.4) is 0 Å². The van der Waals surface area contributed by atoms with Gasteiger partial charge in [-0.25, -0.2) is 9.07 Å². The molecule has 142 valence electrons. The van der Waals surface area contributed by atoms with Gasteiger partial charge in [-0.3, -0.25) is 4.79 Å². The van der Waals surface area contributed by atoms with Crippen LogP contribution in [0.5, 0.6) is 0 Å². The Morgan fingerprint density at radius 3 is 2.64 bits per heavy atom. The smallest absolute Gasteiger partial charge is 0.256 e. The fourth-order valence-corrected chi connectivity index (χ4v) is 3.42. The van der Waals surface area contributed by atoms with E-state index in [-0.39, 0.29) is 28.5 Å². The number of furan rings is 1. The standard InChI is InChI=1S/C21H17ClFN3O2/c1-12(18-11-14-5-3-4-6-17(14)28-18)24-21(27)19-13(2)25-26(20(19)22)16-9-7-15(23)8-10-16/h3-12H,1-2H3,(H,24,27). The van der Waals surface area contributed by atoms with E-state index in [0.717, 1.165) is 11.0 Å². The molecule has 1 unspecified atom stereocenters. The first kappa shape index (κ1) is 18.3. The molecule has 28 heavy (non-hydrogen) atoms. The lowest BCUT2D eigenvalue weighted by Crippen LogP contribution is -2.27. The van der Waals surface area contributed by atoms with E-state index in [1.807, 2.05) is 37.3 Å². The minimum atomic E-state index is -0.360. The number of carbonyl (C=O) groups is 1. The highest BCUT2D eigenvalue weighted by molar-refractivity contribution is 6.33. The van der Waals surface area contributed by atoms with Crippen molar-refractivity contribution in [2.45, 2.75) is 19.9 Å². The Morgan fingerprint density at radius 1 is 1.21 bits per heavy atom. The molecular formula is C21H17ClFN3O2. The summed E-state index contributed by atoms with van der Waals surface area (Å²) in [5, 5.41) is 8.36. The van der Waals surface area contributed by atoms with Gasteiger partial charge in [0.25, 0.3) is 5.91 Å². The number of aryl methyl sites for hydroxylation is 1. The van der Waals surface area contributed by atoms with Gasteiger partial charge in [0.05, 0.1) is 23.0 Å². The van der Waals surface area contributed by atoms with Gasteiger partial charge in [-0.15, -0.1) is 0 Å². The second-order valence-corrected chi connectivity index (χ2v) is 6.88. The van der Waals surface area contributed by atoms with Crippen molar-refractivity contribution >= 4 is 28.5 Å². The molecule has 1 atom stereocenters. The van der Waals surface area contributed by atoms with Crippen molar-refractivity contribution in [2.75, 3.05) is 0 Å². The summed E-state index contributed by atoms with van der Waals surface area (Å²) in [6.07, 6.45) is 0. The fraction of sp³-hybridized carbons (Fsp3) is 0.143. The van der Waals surface area contributed by atoms with Crippen LogP contribution >= 0.6 is 11.6 Å². The molecule has 2 heterocycles. The monoisotopic (exact) mass is 397 g/mol. The topological polar surface area (TPSA) is 60.1 Å². The third-order valence-corrected chi connectivity index (χ3v) is 4.87. The van der Waals surface area contributed by atoms with Gasteiger partial charge >= 0.3 is 0 Å². The van der Waals surface area contributed by atoms with Gasteiger partial charge in [0.1, 0.15) is 22.3 Å². The van der Waals surface area contributed by atoms with Gasteiger partial charge in [-0.2, -0.15) is 5.10 Å². The molecule has 2 aromatic heterocycles. The Hall–Kier alpha value is -3.12. The van der Waals surface area contributed by atoms with E-state index >= 15 is 0 Å². The number of carbonyl (C=O) groups excluding carboxylic acids is 1. The maximum atomic E-state index is 13.2. The van der Waals surface area contributed by atoms with Gasteiger partial charge in [0.2, 0.25) is 0 Å². The van der Waals surface area contributed by atoms with Crippen molar-refractivity contribution in [1.82, 2.24) is 15.1 Å². The molecule has 0 spiro atoms. The van der Waals surface area contributed by atoms with Crippen LogP contribution in [0.4, 0.5) is 4.39 Å². The van der Waals surface area contributed by atoms with Crippen LogP contribution in [-0.2, 0) is 0 Å². The summed E-state index contributed by atoms with van der Waals surface area (Å²) in [4.78, 5) is 12.8. The number of nitrogens with one attached hydrogen (secondary N) is 1. The second kappa shape index (κ2) is 7.13. The van der Waals surface area contributed by atoms with Crippen LogP contribution in [0.1, 0.15) is 34.8 Å². The first-order chi connectivity index (χ1) is 13.4. The first-order valence-corrected chi connectivity index (χ1v) is 9.12. The van der Waals surface area contributed by atoms with E-state index in [4.69, 9.17) is 16.0 Å². The molecular weight excluding hydrogens is 381 g/mol. The Kier molecular flexibility index (Phi) is 4.65. The van der Waals surface area contributed by atoms with Crippen molar-refractivity contribution in [1.29, 1.82) is 0 Å². The molecule has 1 amide bonds. The summed E-state index contributed by atoms with van der Waals surface area (Å²) in [5.41, 5.74) is 2.08. The summed E-state index contributed by atoms with van der Waals surface area (Å²) >= 11 is 6.41. The highest BCUT2D eigenvalue weighted by Gasteiger charge is 2.23. The molecule has 2 aromatic carbocycles. The SMILES string of the molecule is Cc1nn(-c2ccc(F)cc2)c(Cl)c1C(=O)NC(C)c1cc2ccccc2o1. The van der Waals surface area contributed by atoms with Gasteiger partial charge in [0.15, 0.2) is 0 Å². The number of nitrogens with zero attached hydrogens (tertiary/aromatic N) is 2. The van der Waals surface area contributed by atoms with Gasteiger partial charge in [0, 0.05) is 5.39 Å². The summed E-state index contributed by atoms with van der Waals surface area (Å²) in [5.74, 6) is -0.0700. The van der Waals surface area contributed by atoms with Crippen molar-refractivity contribution in [2.24, 2.45) is 0 Å². The van der Waals surface area contributed by atoms with Gasteiger partial charge < -0.3 is 9.73 Å². The maximum Gasteiger partial charge on any atom is 0.256 e. The average molecular weight is 398 g/mol. The fourth-order valence-electron chi connectivity index (χ4n) is 3.07. The van der Waals surface area contributed by atoms with E-state index in [9.17, 15) is 9.18 Å². The zero-order valence-corrected chi connectivity index (χ0v) is 16.0. The van der Waals surface area contributed by atoms with E-state index in [1.54, 1.807) is 19.1 Å². The number of para-hydroxylation sites is 1. The molecule has 0 bridgehead atoms. The lowest BCUT2D eigenvalue weighted by Gasteiger charge is -2.11. The quantitative estimate of drug-likeness (QED) is 0.514. The molecule has 0 aliphatic rings. The number of fused-ring (bicyclic) bond motifs is 1. The predicted octanol–water partition coefficient (Wildman–Crippen LogP) is 5.21. The Labute approximate surface area is 165 Å². The largest absolute Gasteiger partial charge is 0.459 e. The van der Waals surface area contributed by atoms with Crippen LogP contribution in [0, 0.1) is 12.7 Å². The first-order valence-electron chi connectivity index (χ1n) is 8.74. The number of benzene rings is 2. The molecule has 7 heteroatoms. The molecule has 4 rings (SSSR count). The maximum absolute atomic E-state index is 13.2. The Balaban J connectivity index is 1.60. The lowest BCUT2D eigenvalue weighted by atomic mass is 10.2. The minimum Gasteiger partial charge on any atom is -0.459 e. The zero-order valence-electron chi connectivity index (χ0n) is 15.2. The Bertz CT molecular complexity index is 1130. The molecule has 0 radical (unpaired) electrons. The summed E-state index contributed by atoms with van der Waals surface area (Å²) in [6.45, 7) is 3.54. The molecule has 0 aliphatic heterocycles.